The van der Waals surface area contributed by atoms with Gasteiger partial charge in [0, 0.05) is 10.2 Å². The van der Waals surface area contributed by atoms with Crippen LogP contribution in [0.3, 0.4) is 0 Å². The van der Waals surface area contributed by atoms with Gasteiger partial charge < -0.3 is 0 Å². The summed E-state index contributed by atoms with van der Waals surface area (Å²) in [6, 6.07) is 0. The number of hydrogen-bond acceptors (Lipinski definition) is 0. The van der Waals surface area contributed by atoms with Crippen LogP contribution in [0.1, 0.15) is 104 Å². The molecule has 0 rings (SSSR count). The maximum Gasteiger partial charge on any atom is 0.0266 e. The van der Waals surface area contributed by atoms with E-state index in [-0.39, 0.29) is 0 Å². The summed E-state index contributed by atoms with van der Waals surface area (Å²) in [7, 11) is 3.89. The van der Waals surface area contributed by atoms with Crippen LogP contribution in [0.15, 0.2) is 0 Å². The fourth-order valence-electron chi connectivity index (χ4n) is 2.49. The maximum absolute atomic E-state index is 3.89. The van der Waals surface area contributed by atoms with Crippen LogP contribution < -0.4 is 0 Å². The topological polar surface area (TPSA) is 0 Å². The van der Waals surface area contributed by atoms with Gasteiger partial charge in [0.2, 0.25) is 0 Å². The van der Waals surface area contributed by atoms with Gasteiger partial charge in [-0.3, -0.25) is 0 Å². The first-order chi connectivity index (χ1) is 8.81. The molecule has 0 fully saturated rings. The molecule has 107 valence electrons. The predicted molar refractivity (Wildman–Crippen MR) is 85.5 cm³/mol. The average molecular weight is 268 g/mol. The summed E-state index contributed by atoms with van der Waals surface area (Å²) in [5.41, 5.74) is 0.780. The summed E-state index contributed by atoms with van der Waals surface area (Å²) in [6.07, 6.45) is 19.9. The summed E-state index contributed by atoms with van der Waals surface area (Å²) in [5.74, 6) is 0. The molecule has 0 spiro atoms. The van der Waals surface area contributed by atoms with Gasteiger partial charge in [-0.1, -0.05) is 109 Å². The van der Waals surface area contributed by atoms with Crippen molar-refractivity contribution in [2.45, 2.75) is 109 Å². The lowest BCUT2D eigenvalue weighted by molar-refractivity contribution is 0.534. The van der Waals surface area contributed by atoms with Crippen molar-refractivity contribution in [3.8, 4) is 0 Å². The Morgan fingerprint density at radius 3 is 1.28 bits per heavy atom. The molecule has 0 nitrogen and oxygen atoms in total. The SMILES string of the molecule is CCCCCCCCC([Si])CCCCCCCC. The van der Waals surface area contributed by atoms with Crippen LogP contribution in [0.2, 0.25) is 5.54 Å². The Bertz CT molecular complexity index is 129. The fraction of sp³-hybridized carbons (Fsp3) is 1.00. The molecule has 0 aliphatic heterocycles. The Morgan fingerprint density at radius 1 is 0.556 bits per heavy atom. The minimum Gasteiger partial charge on any atom is -0.0654 e. The van der Waals surface area contributed by atoms with E-state index in [1.165, 1.54) is 89.9 Å². The molecule has 0 saturated heterocycles. The molecule has 0 unspecified atom stereocenters. The zero-order valence-electron chi connectivity index (χ0n) is 13.0. The molecule has 0 aromatic rings. The van der Waals surface area contributed by atoms with Crippen molar-refractivity contribution in [3.05, 3.63) is 0 Å². The number of rotatable bonds is 14. The first-order valence-corrected chi connectivity index (χ1v) is 9.10. The molecule has 18 heavy (non-hydrogen) atoms. The summed E-state index contributed by atoms with van der Waals surface area (Å²) >= 11 is 0. The molecular weight excluding hydrogens is 232 g/mol. The second-order valence-corrected chi connectivity index (χ2v) is 6.63. The van der Waals surface area contributed by atoms with Crippen LogP contribution in [0.5, 0.6) is 0 Å². The van der Waals surface area contributed by atoms with Gasteiger partial charge in [-0.2, -0.15) is 0 Å². The molecule has 0 aromatic heterocycles. The normalized spacial score (nSPS) is 11.3. The van der Waals surface area contributed by atoms with Crippen molar-refractivity contribution in [3.63, 3.8) is 0 Å². The van der Waals surface area contributed by atoms with Crippen LogP contribution in [0, 0.1) is 0 Å². The van der Waals surface area contributed by atoms with E-state index in [0.29, 0.717) is 0 Å². The highest BCUT2D eigenvalue weighted by Crippen LogP contribution is 2.20. The minimum absolute atomic E-state index is 0.780. The van der Waals surface area contributed by atoms with Gasteiger partial charge >= 0.3 is 0 Å². The van der Waals surface area contributed by atoms with Gasteiger partial charge in [0.05, 0.1) is 0 Å². The predicted octanol–water partition coefficient (Wildman–Crippen LogP) is 6.44. The fourth-order valence-corrected chi connectivity index (χ4v) is 2.89. The number of hydrogen-bond donors (Lipinski definition) is 0. The van der Waals surface area contributed by atoms with Crippen LogP contribution in [-0.4, -0.2) is 10.2 Å². The lowest BCUT2D eigenvalue weighted by atomic mass is 10.0. The van der Waals surface area contributed by atoms with Gasteiger partial charge in [-0.05, 0) is 0 Å². The van der Waals surface area contributed by atoms with Crippen LogP contribution in [0.25, 0.3) is 0 Å². The molecule has 0 aromatic carbocycles. The number of unbranched alkanes of at least 4 members (excludes halogenated alkanes) is 10. The first-order valence-electron chi connectivity index (χ1n) is 8.52. The maximum atomic E-state index is 3.89. The zero-order valence-corrected chi connectivity index (χ0v) is 14.0. The Morgan fingerprint density at radius 2 is 0.889 bits per heavy atom. The van der Waals surface area contributed by atoms with Gasteiger partial charge in [0.15, 0.2) is 0 Å². The lowest BCUT2D eigenvalue weighted by Gasteiger charge is -2.10. The summed E-state index contributed by atoms with van der Waals surface area (Å²) in [4.78, 5) is 0. The molecular formula is C17H35Si. The van der Waals surface area contributed by atoms with Crippen molar-refractivity contribution in [2.24, 2.45) is 0 Å². The second-order valence-electron chi connectivity index (χ2n) is 5.81. The summed E-state index contributed by atoms with van der Waals surface area (Å²) in [5, 5.41) is 0. The molecule has 0 aliphatic rings. The molecule has 0 heterocycles. The lowest BCUT2D eigenvalue weighted by Crippen LogP contribution is -1.93. The standard InChI is InChI=1S/C17H35Si/c1-3-5-7-9-11-13-15-17(18)16-14-12-10-8-6-4-2/h17H,3-16H2,1-2H3. The van der Waals surface area contributed by atoms with Gasteiger partial charge in [0.25, 0.3) is 0 Å². The molecule has 0 N–H and O–H groups in total. The Hall–Kier alpha value is 0.217. The van der Waals surface area contributed by atoms with E-state index in [1.54, 1.807) is 0 Å². The van der Waals surface area contributed by atoms with Gasteiger partial charge in [-0.15, -0.1) is 0 Å². The molecule has 0 bridgehead atoms. The van der Waals surface area contributed by atoms with E-state index in [9.17, 15) is 0 Å². The highest BCUT2D eigenvalue weighted by atomic mass is 28.1. The third kappa shape index (κ3) is 14.3. The van der Waals surface area contributed by atoms with E-state index >= 15 is 0 Å². The van der Waals surface area contributed by atoms with Gasteiger partial charge in [-0.25, -0.2) is 0 Å². The van der Waals surface area contributed by atoms with Crippen molar-refractivity contribution < 1.29 is 0 Å². The van der Waals surface area contributed by atoms with E-state index in [1.807, 2.05) is 0 Å². The van der Waals surface area contributed by atoms with Crippen molar-refractivity contribution >= 4 is 10.2 Å². The monoisotopic (exact) mass is 267 g/mol. The third-order valence-electron chi connectivity index (χ3n) is 3.81. The zero-order chi connectivity index (χ0) is 13.5. The molecule has 0 aliphatic carbocycles. The first kappa shape index (κ1) is 18.2. The second kappa shape index (κ2) is 15.3. The molecule has 1 heteroatoms. The molecule has 0 saturated carbocycles. The van der Waals surface area contributed by atoms with Crippen LogP contribution in [-0.2, 0) is 0 Å². The highest BCUT2D eigenvalue weighted by molar-refractivity contribution is 6.11. The summed E-state index contributed by atoms with van der Waals surface area (Å²) in [6.45, 7) is 4.57. The third-order valence-corrected chi connectivity index (χ3v) is 4.39. The minimum atomic E-state index is 0.780. The van der Waals surface area contributed by atoms with Crippen LogP contribution >= 0.6 is 0 Å². The van der Waals surface area contributed by atoms with Crippen molar-refractivity contribution in [1.82, 2.24) is 0 Å². The van der Waals surface area contributed by atoms with E-state index in [2.05, 4.69) is 24.1 Å². The highest BCUT2D eigenvalue weighted by Gasteiger charge is 2.02. The van der Waals surface area contributed by atoms with Crippen LogP contribution in [0.4, 0.5) is 0 Å². The van der Waals surface area contributed by atoms with Crippen molar-refractivity contribution in [1.29, 1.82) is 0 Å². The molecule has 0 atom stereocenters. The molecule has 0 amide bonds. The molecule has 3 radical (unpaired) electrons. The smallest absolute Gasteiger partial charge is 0.0266 e. The van der Waals surface area contributed by atoms with E-state index < -0.39 is 0 Å². The average Bonchev–Trinajstić information content (AvgIpc) is 2.38. The largest absolute Gasteiger partial charge is 0.0654 e. The van der Waals surface area contributed by atoms with Crippen molar-refractivity contribution in [2.75, 3.05) is 0 Å². The van der Waals surface area contributed by atoms with E-state index in [4.69, 9.17) is 0 Å². The Kier molecular flexibility index (Phi) is 15.5. The van der Waals surface area contributed by atoms with Gasteiger partial charge in [0.1, 0.15) is 0 Å². The quantitative estimate of drug-likeness (QED) is 0.251. The van der Waals surface area contributed by atoms with E-state index in [0.717, 1.165) is 5.54 Å². The Labute approximate surface area is 120 Å². The Balaban J connectivity index is 3.10. The summed E-state index contributed by atoms with van der Waals surface area (Å²) < 4.78 is 0.